The van der Waals surface area contributed by atoms with Crippen molar-refractivity contribution in [3.63, 3.8) is 0 Å². The minimum absolute atomic E-state index is 0.00539. The second-order valence-electron chi connectivity index (χ2n) is 5.62. The lowest BCUT2D eigenvalue weighted by molar-refractivity contribution is -0.385. The summed E-state index contributed by atoms with van der Waals surface area (Å²) in [7, 11) is 0. The summed E-state index contributed by atoms with van der Waals surface area (Å²) in [6, 6.07) is 6.32. The SMILES string of the molecule is O=C(CC1(O)CCCCC1)NCc1ccccc1[N+](=O)[O-]. The monoisotopic (exact) mass is 292 g/mol. The van der Waals surface area contributed by atoms with Crippen LogP contribution in [0.1, 0.15) is 44.1 Å². The summed E-state index contributed by atoms with van der Waals surface area (Å²) < 4.78 is 0. The van der Waals surface area contributed by atoms with Gasteiger partial charge in [0.05, 0.1) is 16.9 Å². The van der Waals surface area contributed by atoms with Crippen LogP contribution in [0.2, 0.25) is 0 Å². The first-order valence-electron chi connectivity index (χ1n) is 7.22. The Labute approximate surface area is 123 Å². The highest BCUT2D eigenvalue weighted by Gasteiger charge is 2.31. The molecule has 0 atom stereocenters. The van der Waals surface area contributed by atoms with Crippen LogP contribution >= 0.6 is 0 Å². The molecule has 1 aliphatic carbocycles. The second-order valence-corrected chi connectivity index (χ2v) is 5.62. The lowest BCUT2D eigenvalue weighted by atomic mass is 9.82. The molecule has 0 spiro atoms. The zero-order chi connectivity index (χ0) is 15.3. The Morgan fingerprint density at radius 1 is 1.29 bits per heavy atom. The third kappa shape index (κ3) is 4.26. The van der Waals surface area contributed by atoms with Crippen molar-refractivity contribution in [3.8, 4) is 0 Å². The zero-order valence-corrected chi connectivity index (χ0v) is 11.9. The molecule has 0 unspecified atom stereocenters. The highest BCUT2D eigenvalue weighted by Crippen LogP contribution is 2.30. The van der Waals surface area contributed by atoms with E-state index in [1.165, 1.54) is 6.07 Å². The first-order chi connectivity index (χ1) is 10.0. The van der Waals surface area contributed by atoms with Crippen molar-refractivity contribution < 1.29 is 14.8 Å². The van der Waals surface area contributed by atoms with E-state index < -0.39 is 10.5 Å². The topological polar surface area (TPSA) is 92.5 Å². The summed E-state index contributed by atoms with van der Waals surface area (Å²) in [4.78, 5) is 22.4. The molecule has 0 radical (unpaired) electrons. The largest absolute Gasteiger partial charge is 0.389 e. The summed E-state index contributed by atoms with van der Waals surface area (Å²) in [5.41, 5.74) is -0.453. The fourth-order valence-electron chi connectivity index (χ4n) is 2.78. The number of carbonyl (C=O) groups is 1. The first-order valence-corrected chi connectivity index (χ1v) is 7.22. The minimum Gasteiger partial charge on any atom is -0.389 e. The van der Waals surface area contributed by atoms with Crippen LogP contribution in [0.4, 0.5) is 5.69 Å². The van der Waals surface area contributed by atoms with Gasteiger partial charge in [-0.1, -0.05) is 37.5 Å². The molecule has 1 aromatic rings. The number of rotatable bonds is 5. The van der Waals surface area contributed by atoms with E-state index in [1.54, 1.807) is 18.2 Å². The quantitative estimate of drug-likeness (QED) is 0.643. The van der Waals surface area contributed by atoms with Crippen LogP contribution in [0.5, 0.6) is 0 Å². The number of nitro benzene ring substituents is 1. The summed E-state index contributed by atoms with van der Waals surface area (Å²) in [6.45, 7) is 0.103. The molecule has 1 aliphatic rings. The molecule has 1 aromatic carbocycles. The van der Waals surface area contributed by atoms with Gasteiger partial charge in [0.25, 0.3) is 5.69 Å². The molecule has 0 aromatic heterocycles. The molecule has 1 fully saturated rings. The van der Waals surface area contributed by atoms with Gasteiger partial charge in [-0.15, -0.1) is 0 Å². The highest BCUT2D eigenvalue weighted by molar-refractivity contribution is 5.77. The van der Waals surface area contributed by atoms with Crippen molar-refractivity contribution in [1.29, 1.82) is 0 Å². The Morgan fingerprint density at radius 3 is 2.62 bits per heavy atom. The fourth-order valence-corrected chi connectivity index (χ4v) is 2.78. The molecular weight excluding hydrogens is 272 g/mol. The molecule has 0 bridgehead atoms. The Hall–Kier alpha value is -1.95. The molecule has 0 saturated heterocycles. The lowest BCUT2D eigenvalue weighted by Gasteiger charge is -2.31. The second kappa shape index (κ2) is 6.67. The van der Waals surface area contributed by atoms with Gasteiger partial charge in [-0.25, -0.2) is 0 Å². The molecule has 1 saturated carbocycles. The van der Waals surface area contributed by atoms with Crippen molar-refractivity contribution in [2.45, 2.75) is 50.7 Å². The average Bonchev–Trinajstić information content (AvgIpc) is 2.45. The number of hydrogen-bond acceptors (Lipinski definition) is 4. The third-order valence-corrected chi connectivity index (χ3v) is 3.94. The third-order valence-electron chi connectivity index (χ3n) is 3.94. The van der Waals surface area contributed by atoms with Gasteiger partial charge in [-0.05, 0) is 12.8 Å². The van der Waals surface area contributed by atoms with E-state index in [1.807, 2.05) is 0 Å². The van der Waals surface area contributed by atoms with E-state index in [0.29, 0.717) is 18.4 Å². The average molecular weight is 292 g/mol. The smallest absolute Gasteiger partial charge is 0.274 e. The van der Waals surface area contributed by atoms with Crippen molar-refractivity contribution in [2.75, 3.05) is 0 Å². The number of carbonyl (C=O) groups excluding carboxylic acids is 1. The van der Waals surface area contributed by atoms with Crippen LogP contribution in [0.15, 0.2) is 24.3 Å². The van der Waals surface area contributed by atoms with Crippen molar-refractivity contribution in [2.24, 2.45) is 0 Å². The number of nitro groups is 1. The van der Waals surface area contributed by atoms with Crippen LogP contribution in [-0.2, 0) is 11.3 Å². The van der Waals surface area contributed by atoms with Crippen molar-refractivity contribution in [1.82, 2.24) is 5.32 Å². The van der Waals surface area contributed by atoms with Gasteiger partial charge >= 0.3 is 0 Å². The van der Waals surface area contributed by atoms with Crippen LogP contribution in [0.25, 0.3) is 0 Å². The maximum absolute atomic E-state index is 11.9. The Kier molecular flexibility index (Phi) is 4.90. The Bertz CT molecular complexity index is 524. The number of aliphatic hydroxyl groups is 1. The first kappa shape index (κ1) is 15.4. The van der Waals surface area contributed by atoms with Crippen molar-refractivity contribution >= 4 is 11.6 Å². The number of nitrogens with one attached hydrogen (secondary N) is 1. The number of nitrogens with zero attached hydrogens (tertiary/aromatic N) is 1. The molecule has 21 heavy (non-hydrogen) atoms. The van der Waals surface area contributed by atoms with E-state index in [9.17, 15) is 20.0 Å². The van der Waals surface area contributed by atoms with Crippen LogP contribution in [0, 0.1) is 10.1 Å². The Balaban J connectivity index is 1.91. The van der Waals surface area contributed by atoms with Gasteiger partial charge in [-0.3, -0.25) is 14.9 Å². The van der Waals surface area contributed by atoms with Gasteiger partial charge in [0, 0.05) is 18.2 Å². The zero-order valence-electron chi connectivity index (χ0n) is 11.9. The number of benzene rings is 1. The number of para-hydroxylation sites is 1. The van der Waals surface area contributed by atoms with E-state index in [-0.39, 0.29) is 24.6 Å². The predicted octanol–water partition coefficient (Wildman–Crippen LogP) is 2.30. The van der Waals surface area contributed by atoms with Gasteiger partial charge in [-0.2, -0.15) is 0 Å². The number of hydrogen-bond donors (Lipinski definition) is 2. The van der Waals surface area contributed by atoms with E-state index in [2.05, 4.69) is 5.32 Å². The summed E-state index contributed by atoms with van der Waals surface area (Å²) in [5.74, 6) is -0.266. The molecule has 6 heteroatoms. The molecule has 1 amide bonds. The molecule has 2 rings (SSSR count). The minimum atomic E-state index is -0.912. The molecular formula is C15H20N2O4. The van der Waals surface area contributed by atoms with Gasteiger partial charge in [0.1, 0.15) is 0 Å². The van der Waals surface area contributed by atoms with Crippen LogP contribution in [-0.4, -0.2) is 21.5 Å². The number of amides is 1. The van der Waals surface area contributed by atoms with Gasteiger partial charge in [0.2, 0.25) is 5.91 Å². The summed E-state index contributed by atoms with van der Waals surface area (Å²) >= 11 is 0. The molecule has 6 nitrogen and oxygen atoms in total. The molecule has 0 aliphatic heterocycles. The maximum atomic E-state index is 11.9. The lowest BCUT2D eigenvalue weighted by Crippen LogP contribution is -2.38. The predicted molar refractivity (Wildman–Crippen MR) is 77.6 cm³/mol. The molecule has 0 heterocycles. The fraction of sp³-hybridized carbons (Fsp3) is 0.533. The van der Waals surface area contributed by atoms with E-state index >= 15 is 0 Å². The maximum Gasteiger partial charge on any atom is 0.274 e. The summed E-state index contributed by atoms with van der Waals surface area (Å²) in [5, 5.41) is 23.9. The van der Waals surface area contributed by atoms with E-state index in [4.69, 9.17) is 0 Å². The van der Waals surface area contributed by atoms with Crippen LogP contribution < -0.4 is 5.32 Å². The van der Waals surface area contributed by atoms with Gasteiger partial charge < -0.3 is 10.4 Å². The van der Waals surface area contributed by atoms with Crippen LogP contribution in [0.3, 0.4) is 0 Å². The van der Waals surface area contributed by atoms with E-state index in [0.717, 1.165) is 19.3 Å². The highest BCUT2D eigenvalue weighted by atomic mass is 16.6. The van der Waals surface area contributed by atoms with Crippen molar-refractivity contribution in [3.05, 3.63) is 39.9 Å². The van der Waals surface area contributed by atoms with Gasteiger partial charge in [0.15, 0.2) is 0 Å². The standard InChI is InChI=1S/C15H20N2O4/c18-14(10-15(19)8-4-1-5-9-15)16-11-12-6-2-3-7-13(12)17(20)21/h2-3,6-7,19H,1,4-5,8-11H2,(H,16,18). The molecule has 114 valence electrons. The Morgan fingerprint density at radius 2 is 1.95 bits per heavy atom. The normalized spacial score (nSPS) is 17.2. The summed E-state index contributed by atoms with van der Waals surface area (Å²) in [6.07, 6.45) is 4.33. The molecule has 2 N–H and O–H groups in total.